The monoisotopic (exact) mass is 174 g/mol. The number of hydrogen-bond donors (Lipinski definition) is 1. The summed E-state index contributed by atoms with van der Waals surface area (Å²) in [6.07, 6.45) is 0.716. The van der Waals surface area contributed by atoms with E-state index in [2.05, 4.69) is 0 Å². The minimum atomic E-state index is -0.596. The summed E-state index contributed by atoms with van der Waals surface area (Å²) < 4.78 is 0. The van der Waals surface area contributed by atoms with Crippen LogP contribution in [0.15, 0.2) is 30.3 Å². The van der Waals surface area contributed by atoms with Crippen molar-refractivity contribution in [1.29, 1.82) is 0 Å². The van der Waals surface area contributed by atoms with E-state index in [0.717, 1.165) is 0 Å². The van der Waals surface area contributed by atoms with E-state index < -0.39 is 5.60 Å². The SMILES string of the molecule is CC(C)(O)Cc1ccccc1.[NaH]. The standard InChI is InChI=1S/C10H14O.Na.H/c1-10(2,11)8-9-6-4-3-5-7-9;;/h3-7,11H,8H2,1-2H3;;. The van der Waals surface area contributed by atoms with E-state index in [1.807, 2.05) is 44.2 Å². The summed E-state index contributed by atoms with van der Waals surface area (Å²) >= 11 is 0. The van der Waals surface area contributed by atoms with Crippen LogP contribution in [0.25, 0.3) is 0 Å². The molecule has 1 N–H and O–H groups in total. The van der Waals surface area contributed by atoms with E-state index in [9.17, 15) is 5.11 Å². The molecule has 0 aliphatic carbocycles. The third kappa shape index (κ3) is 4.94. The molecule has 62 valence electrons. The van der Waals surface area contributed by atoms with Gasteiger partial charge in [-0.15, -0.1) is 0 Å². The first-order valence-corrected chi connectivity index (χ1v) is 3.84. The van der Waals surface area contributed by atoms with E-state index >= 15 is 0 Å². The summed E-state index contributed by atoms with van der Waals surface area (Å²) in [5.41, 5.74) is 0.585. The Bertz CT molecular complexity index is 213. The Balaban J connectivity index is 0.00000121. The van der Waals surface area contributed by atoms with Gasteiger partial charge in [0.15, 0.2) is 0 Å². The predicted octanol–water partition coefficient (Wildman–Crippen LogP) is 1.35. The topological polar surface area (TPSA) is 20.2 Å². The van der Waals surface area contributed by atoms with Crippen LogP contribution >= 0.6 is 0 Å². The Morgan fingerprint density at radius 2 is 1.67 bits per heavy atom. The molecule has 1 aromatic rings. The van der Waals surface area contributed by atoms with Gasteiger partial charge in [-0.3, -0.25) is 0 Å². The number of benzene rings is 1. The summed E-state index contributed by atoms with van der Waals surface area (Å²) in [5.74, 6) is 0. The minimum absolute atomic E-state index is 0. The van der Waals surface area contributed by atoms with Gasteiger partial charge in [0, 0.05) is 6.42 Å². The molecule has 0 fully saturated rings. The summed E-state index contributed by atoms with van der Waals surface area (Å²) in [6, 6.07) is 10.0. The van der Waals surface area contributed by atoms with Crippen LogP contribution in [0.5, 0.6) is 0 Å². The molecule has 0 aromatic heterocycles. The number of aliphatic hydroxyl groups is 1. The Morgan fingerprint density at radius 3 is 2.08 bits per heavy atom. The van der Waals surface area contributed by atoms with Gasteiger partial charge in [0.2, 0.25) is 0 Å². The van der Waals surface area contributed by atoms with Crippen molar-refractivity contribution in [1.82, 2.24) is 0 Å². The third-order valence-electron chi connectivity index (χ3n) is 1.48. The van der Waals surface area contributed by atoms with Gasteiger partial charge in [0.25, 0.3) is 0 Å². The van der Waals surface area contributed by atoms with E-state index in [-0.39, 0.29) is 29.6 Å². The van der Waals surface area contributed by atoms with Crippen LogP contribution in [0.1, 0.15) is 19.4 Å². The second-order valence-electron chi connectivity index (χ2n) is 3.47. The molecule has 0 heterocycles. The maximum atomic E-state index is 9.47. The van der Waals surface area contributed by atoms with E-state index in [1.54, 1.807) is 0 Å². The van der Waals surface area contributed by atoms with Gasteiger partial charge < -0.3 is 5.11 Å². The molecule has 0 bridgehead atoms. The van der Waals surface area contributed by atoms with Gasteiger partial charge in [0.05, 0.1) is 5.60 Å². The molecule has 0 aliphatic heterocycles. The summed E-state index contributed by atoms with van der Waals surface area (Å²) in [6.45, 7) is 3.64. The Kier molecular flexibility index (Phi) is 5.10. The van der Waals surface area contributed by atoms with Crippen LogP contribution < -0.4 is 0 Å². The van der Waals surface area contributed by atoms with Crippen molar-refractivity contribution in [2.75, 3.05) is 0 Å². The first-order chi connectivity index (χ1) is 5.08. The van der Waals surface area contributed by atoms with Crippen molar-refractivity contribution in [2.24, 2.45) is 0 Å². The van der Waals surface area contributed by atoms with Crippen molar-refractivity contribution in [3.8, 4) is 0 Å². The molecule has 12 heavy (non-hydrogen) atoms. The van der Waals surface area contributed by atoms with Gasteiger partial charge in [-0.05, 0) is 19.4 Å². The quantitative estimate of drug-likeness (QED) is 0.671. The first kappa shape index (κ1) is 12.2. The second-order valence-corrected chi connectivity index (χ2v) is 3.47. The molecule has 1 rings (SSSR count). The normalized spacial score (nSPS) is 10.6. The van der Waals surface area contributed by atoms with E-state index in [1.165, 1.54) is 5.56 Å². The zero-order chi connectivity index (χ0) is 8.32. The van der Waals surface area contributed by atoms with Crippen molar-refractivity contribution in [2.45, 2.75) is 25.9 Å². The zero-order valence-corrected chi connectivity index (χ0v) is 7.04. The average molecular weight is 174 g/mol. The fourth-order valence-electron chi connectivity index (χ4n) is 1.10. The molecule has 0 aliphatic rings. The van der Waals surface area contributed by atoms with Crippen LogP contribution in [0.3, 0.4) is 0 Å². The molecular formula is C10H15NaO. The molecule has 1 aromatic carbocycles. The fraction of sp³-hybridized carbons (Fsp3) is 0.400. The number of hydrogen-bond acceptors (Lipinski definition) is 1. The Morgan fingerprint density at radius 1 is 1.17 bits per heavy atom. The molecular weight excluding hydrogens is 159 g/mol. The van der Waals surface area contributed by atoms with Gasteiger partial charge in [-0.1, -0.05) is 30.3 Å². The second kappa shape index (κ2) is 5.03. The Hall–Kier alpha value is 0.180. The average Bonchev–Trinajstić information content (AvgIpc) is 1.85. The first-order valence-electron chi connectivity index (χ1n) is 3.84. The van der Waals surface area contributed by atoms with E-state index in [0.29, 0.717) is 6.42 Å². The number of rotatable bonds is 2. The third-order valence-corrected chi connectivity index (χ3v) is 1.48. The summed E-state index contributed by atoms with van der Waals surface area (Å²) in [5, 5.41) is 9.47. The van der Waals surface area contributed by atoms with Gasteiger partial charge in [-0.2, -0.15) is 0 Å². The van der Waals surface area contributed by atoms with Gasteiger partial charge in [0.1, 0.15) is 0 Å². The molecule has 1 nitrogen and oxygen atoms in total. The van der Waals surface area contributed by atoms with Crippen LogP contribution in [0.4, 0.5) is 0 Å². The Labute approximate surface area is 96.1 Å². The summed E-state index contributed by atoms with van der Waals surface area (Å²) in [4.78, 5) is 0. The van der Waals surface area contributed by atoms with Crippen molar-refractivity contribution >= 4 is 29.6 Å². The van der Waals surface area contributed by atoms with Crippen LogP contribution in [0.2, 0.25) is 0 Å². The van der Waals surface area contributed by atoms with Crippen molar-refractivity contribution < 1.29 is 5.11 Å². The van der Waals surface area contributed by atoms with Gasteiger partial charge in [-0.25, -0.2) is 0 Å². The van der Waals surface area contributed by atoms with Crippen LogP contribution in [0, 0.1) is 0 Å². The zero-order valence-electron chi connectivity index (χ0n) is 7.04. The molecule has 0 saturated heterocycles. The van der Waals surface area contributed by atoms with Crippen LogP contribution in [-0.4, -0.2) is 40.3 Å². The molecule has 0 saturated carbocycles. The molecule has 0 spiro atoms. The van der Waals surface area contributed by atoms with Crippen molar-refractivity contribution in [3.05, 3.63) is 35.9 Å². The molecule has 0 radical (unpaired) electrons. The summed E-state index contributed by atoms with van der Waals surface area (Å²) in [7, 11) is 0. The molecule has 2 heteroatoms. The predicted molar refractivity (Wildman–Crippen MR) is 53.6 cm³/mol. The molecule has 0 atom stereocenters. The molecule has 0 unspecified atom stereocenters. The molecule has 0 amide bonds. The van der Waals surface area contributed by atoms with Crippen molar-refractivity contribution in [3.63, 3.8) is 0 Å². The van der Waals surface area contributed by atoms with Crippen LogP contribution in [-0.2, 0) is 6.42 Å². The van der Waals surface area contributed by atoms with Gasteiger partial charge >= 0.3 is 29.6 Å². The maximum absolute atomic E-state index is 9.47. The van der Waals surface area contributed by atoms with E-state index in [4.69, 9.17) is 0 Å². The fourth-order valence-corrected chi connectivity index (χ4v) is 1.10.